The first-order valence-electron chi connectivity index (χ1n) is 7.12. The second kappa shape index (κ2) is 6.93. The quantitative estimate of drug-likeness (QED) is 0.806. The molecule has 0 aliphatic carbocycles. The second-order valence-electron chi connectivity index (χ2n) is 6.41. The molecule has 0 amide bonds. The Morgan fingerprint density at radius 2 is 2.11 bits per heavy atom. The van der Waals surface area contributed by atoms with Crippen molar-refractivity contribution in [2.45, 2.75) is 59.4 Å². The van der Waals surface area contributed by atoms with Gasteiger partial charge < -0.3 is 9.88 Å². The Bertz CT molecular complexity index is 336. The fraction of sp³-hybridized carbons (Fsp3) is 0.800. The minimum Gasteiger partial charge on any atom is -0.338 e. The molecule has 1 heterocycles. The minimum absolute atomic E-state index is 0.410. The molecule has 0 aromatic carbocycles. The molecule has 1 unspecified atom stereocenters. The highest BCUT2D eigenvalue weighted by molar-refractivity contribution is 4.94. The van der Waals surface area contributed by atoms with E-state index in [9.17, 15) is 0 Å². The Balaban J connectivity index is 2.52. The maximum absolute atomic E-state index is 4.43. The van der Waals surface area contributed by atoms with E-state index < -0.39 is 0 Å². The molecule has 0 saturated carbocycles. The zero-order chi connectivity index (χ0) is 13.6. The fourth-order valence-electron chi connectivity index (χ4n) is 2.05. The average molecular weight is 251 g/mol. The predicted octanol–water partition coefficient (Wildman–Crippen LogP) is 3.16. The van der Waals surface area contributed by atoms with E-state index in [0.717, 1.165) is 13.0 Å². The van der Waals surface area contributed by atoms with Gasteiger partial charge in [-0.25, -0.2) is 4.98 Å². The lowest BCUT2D eigenvalue weighted by molar-refractivity contribution is 0.326. The normalized spacial score (nSPS) is 13.8. The van der Waals surface area contributed by atoms with Crippen LogP contribution in [0, 0.1) is 5.41 Å². The summed E-state index contributed by atoms with van der Waals surface area (Å²) in [5, 5.41) is 3.65. The van der Waals surface area contributed by atoms with Gasteiger partial charge >= 0.3 is 0 Å². The Morgan fingerprint density at radius 1 is 1.39 bits per heavy atom. The van der Waals surface area contributed by atoms with Crippen molar-refractivity contribution in [2.24, 2.45) is 12.5 Å². The molecule has 1 rings (SSSR count). The van der Waals surface area contributed by atoms with E-state index in [4.69, 9.17) is 0 Å². The molecular formula is C15H29N3. The molecule has 18 heavy (non-hydrogen) atoms. The lowest BCUT2D eigenvalue weighted by Gasteiger charge is -2.24. The molecule has 3 nitrogen and oxygen atoms in total. The van der Waals surface area contributed by atoms with Crippen LogP contribution < -0.4 is 5.32 Å². The Labute approximate surface area is 112 Å². The number of nitrogens with zero attached hydrogens (tertiary/aromatic N) is 2. The van der Waals surface area contributed by atoms with Gasteiger partial charge in [0.2, 0.25) is 0 Å². The van der Waals surface area contributed by atoms with Crippen molar-refractivity contribution in [1.29, 1.82) is 0 Å². The highest BCUT2D eigenvalue weighted by Crippen LogP contribution is 2.22. The number of imidazole rings is 1. The fourth-order valence-corrected chi connectivity index (χ4v) is 2.05. The van der Waals surface area contributed by atoms with Gasteiger partial charge in [0.05, 0.1) is 0 Å². The molecule has 0 spiro atoms. The van der Waals surface area contributed by atoms with Crippen LogP contribution in [-0.2, 0) is 13.5 Å². The highest BCUT2D eigenvalue weighted by Gasteiger charge is 2.16. The van der Waals surface area contributed by atoms with Crippen LogP contribution in [0.15, 0.2) is 12.4 Å². The number of aryl methyl sites for hydroxylation is 1. The van der Waals surface area contributed by atoms with Gasteiger partial charge in [0.1, 0.15) is 5.82 Å². The van der Waals surface area contributed by atoms with Gasteiger partial charge in [-0.15, -0.1) is 0 Å². The smallest absolute Gasteiger partial charge is 0.109 e. The van der Waals surface area contributed by atoms with Crippen molar-refractivity contribution < 1.29 is 0 Å². The largest absolute Gasteiger partial charge is 0.338 e. The number of rotatable bonds is 7. The maximum atomic E-state index is 4.43. The number of nitrogens with one attached hydrogen (secondary N) is 1. The molecule has 104 valence electrons. The molecule has 1 N–H and O–H groups in total. The van der Waals surface area contributed by atoms with E-state index in [1.807, 2.05) is 12.4 Å². The molecule has 0 aliphatic heterocycles. The third-order valence-corrected chi connectivity index (χ3v) is 3.28. The summed E-state index contributed by atoms with van der Waals surface area (Å²) < 4.78 is 2.12. The van der Waals surface area contributed by atoms with Crippen molar-refractivity contribution in [1.82, 2.24) is 14.9 Å². The van der Waals surface area contributed by atoms with E-state index in [2.05, 4.69) is 49.6 Å². The van der Waals surface area contributed by atoms with Gasteiger partial charge in [0.25, 0.3) is 0 Å². The van der Waals surface area contributed by atoms with Gasteiger partial charge in [-0.3, -0.25) is 0 Å². The van der Waals surface area contributed by atoms with Gasteiger partial charge in [-0.2, -0.15) is 0 Å². The first-order chi connectivity index (χ1) is 8.42. The molecule has 0 fully saturated rings. The molecule has 1 aromatic heterocycles. The zero-order valence-corrected chi connectivity index (χ0v) is 12.7. The molecule has 0 saturated heterocycles. The highest BCUT2D eigenvalue weighted by atomic mass is 15.0. The van der Waals surface area contributed by atoms with Crippen LogP contribution in [0.4, 0.5) is 0 Å². The molecule has 1 atom stereocenters. The van der Waals surface area contributed by atoms with Gasteiger partial charge in [-0.1, -0.05) is 27.7 Å². The standard InChI is InChI=1S/C15H29N3/c1-6-9-16-13(7-8-15(2,3)4)12-14-17-10-11-18(14)5/h10-11,13,16H,6-9,12H2,1-5H3. The summed E-state index contributed by atoms with van der Waals surface area (Å²) in [6.45, 7) is 10.2. The molecular weight excluding hydrogens is 222 g/mol. The summed E-state index contributed by atoms with van der Waals surface area (Å²) in [5.41, 5.74) is 0.410. The van der Waals surface area contributed by atoms with Crippen LogP contribution in [0.5, 0.6) is 0 Å². The van der Waals surface area contributed by atoms with Crippen LogP contribution in [0.25, 0.3) is 0 Å². The van der Waals surface area contributed by atoms with Crippen LogP contribution in [0.3, 0.4) is 0 Å². The summed E-state index contributed by atoms with van der Waals surface area (Å²) in [6, 6.07) is 0.547. The molecule has 0 radical (unpaired) electrons. The Morgan fingerprint density at radius 3 is 2.61 bits per heavy atom. The number of hydrogen-bond acceptors (Lipinski definition) is 2. The van der Waals surface area contributed by atoms with E-state index in [0.29, 0.717) is 11.5 Å². The second-order valence-corrected chi connectivity index (χ2v) is 6.41. The Hall–Kier alpha value is -0.830. The van der Waals surface area contributed by atoms with Crippen molar-refractivity contribution in [3.63, 3.8) is 0 Å². The number of hydrogen-bond donors (Lipinski definition) is 1. The maximum Gasteiger partial charge on any atom is 0.109 e. The zero-order valence-electron chi connectivity index (χ0n) is 12.7. The Kier molecular flexibility index (Phi) is 5.86. The molecule has 3 heteroatoms. The SMILES string of the molecule is CCCNC(CCC(C)(C)C)Cc1nccn1C. The van der Waals surface area contributed by atoms with E-state index >= 15 is 0 Å². The van der Waals surface area contributed by atoms with Crippen molar-refractivity contribution in [3.05, 3.63) is 18.2 Å². The third-order valence-electron chi connectivity index (χ3n) is 3.28. The van der Waals surface area contributed by atoms with Crippen LogP contribution in [-0.4, -0.2) is 22.1 Å². The average Bonchev–Trinajstić information content (AvgIpc) is 2.67. The van der Waals surface area contributed by atoms with E-state index in [-0.39, 0.29) is 0 Å². The molecule has 1 aromatic rings. The van der Waals surface area contributed by atoms with Crippen LogP contribution in [0.1, 0.15) is 52.8 Å². The molecule has 0 aliphatic rings. The van der Waals surface area contributed by atoms with Crippen LogP contribution in [0.2, 0.25) is 0 Å². The van der Waals surface area contributed by atoms with Crippen molar-refractivity contribution in [3.8, 4) is 0 Å². The lowest BCUT2D eigenvalue weighted by Crippen LogP contribution is -2.33. The van der Waals surface area contributed by atoms with Gasteiger partial charge in [0, 0.05) is 31.9 Å². The number of aromatic nitrogens is 2. The summed E-state index contributed by atoms with van der Waals surface area (Å²) in [6.07, 6.45) is 8.59. The lowest BCUT2D eigenvalue weighted by atomic mass is 9.88. The third kappa shape index (κ3) is 5.67. The van der Waals surface area contributed by atoms with Crippen LogP contribution >= 0.6 is 0 Å². The van der Waals surface area contributed by atoms with E-state index in [1.54, 1.807) is 0 Å². The van der Waals surface area contributed by atoms with Crippen molar-refractivity contribution >= 4 is 0 Å². The summed E-state index contributed by atoms with van der Waals surface area (Å²) in [7, 11) is 2.07. The monoisotopic (exact) mass is 251 g/mol. The topological polar surface area (TPSA) is 29.9 Å². The van der Waals surface area contributed by atoms with Crippen molar-refractivity contribution in [2.75, 3.05) is 6.54 Å². The molecule has 0 bridgehead atoms. The summed E-state index contributed by atoms with van der Waals surface area (Å²) in [5.74, 6) is 1.18. The predicted molar refractivity (Wildman–Crippen MR) is 77.7 cm³/mol. The minimum atomic E-state index is 0.410. The van der Waals surface area contributed by atoms with Gasteiger partial charge in [0.15, 0.2) is 0 Å². The first kappa shape index (κ1) is 15.2. The van der Waals surface area contributed by atoms with E-state index in [1.165, 1.54) is 25.1 Å². The van der Waals surface area contributed by atoms with Gasteiger partial charge in [-0.05, 0) is 31.2 Å². The summed E-state index contributed by atoms with van der Waals surface area (Å²) >= 11 is 0. The first-order valence-corrected chi connectivity index (χ1v) is 7.12. The summed E-state index contributed by atoms with van der Waals surface area (Å²) in [4.78, 5) is 4.43.